The largest absolute Gasteiger partial charge is 0.456 e. The van der Waals surface area contributed by atoms with E-state index >= 15 is 0 Å². The molecule has 1 amide bonds. The molecule has 0 bridgehead atoms. The van der Waals surface area contributed by atoms with Crippen molar-refractivity contribution in [3.63, 3.8) is 0 Å². The lowest BCUT2D eigenvalue weighted by molar-refractivity contribution is -0.153. The first-order valence-corrected chi connectivity index (χ1v) is 8.15. The predicted molar refractivity (Wildman–Crippen MR) is 88.2 cm³/mol. The molecule has 0 aliphatic heterocycles. The molecule has 0 atom stereocenters. The van der Waals surface area contributed by atoms with Gasteiger partial charge in [0.1, 0.15) is 6.61 Å². The average molecular weight is 334 g/mol. The number of carbonyl (C=O) groups excluding carboxylic acids is 2. The molecular formula is C16H18N2O4S. The monoisotopic (exact) mass is 334 g/mol. The number of benzene rings is 1. The second kappa shape index (κ2) is 9.02. The molecule has 1 aromatic carbocycles. The van der Waals surface area contributed by atoms with Gasteiger partial charge in [0, 0.05) is 17.6 Å². The van der Waals surface area contributed by atoms with Crippen LogP contribution >= 0.6 is 11.3 Å². The highest BCUT2D eigenvalue weighted by Gasteiger charge is 2.17. The van der Waals surface area contributed by atoms with Gasteiger partial charge in [0.05, 0.1) is 12.3 Å². The molecule has 0 unspecified atom stereocenters. The number of hydrogen-bond acceptors (Lipinski definition) is 6. The number of ether oxygens (including phenoxy) is 2. The summed E-state index contributed by atoms with van der Waals surface area (Å²) in [7, 11) is 0. The lowest BCUT2D eigenvalue weighted by atomic mass is 10.2. The number of nitrogens with one attached hydrogen (secondary N) is 1. The van der Waals surface area contributed by atoms with Crippen molar-refractivity contribution in [1.82, 2.24) is 4.98 Å². The van der Waals surface area contributed by atoms with Gasteiger partial charge < -0.3 is 9.47 Å². The Morgan fingerprint density at radius 2 is 1.96 bits per heavy atom. The van der Waals surface area contributed by atoms with Crippen molar-refractivity contribution in [2.75, 3.05) is 25.1 Å². The zero-order valence-electron chi connectivity index (χ0n) is 12.8. The molecule has 0 radical (unpaired) electrons. The quantitative estimate of drug-likeness (QED) is 0.478. The zero-order chi connectivity index (χ0) is 16.5. The number of aromatic nitrogens is 1. The van der Waals surface area contributed by atoms with Gasteiger partial charge in [0.15, 0.2) is 5.13 Å². The molecule has 2 aromatic rings. The van der Waals surface area contributed by atoms with Crippen LogP contribution in [-0.4, -0.2) is 36.7 Å². The molecule has 122 valence electrons. The number of hydrogen-bond donors (Lipinski definition) is 1. The molecule has 1 heterocycles. The summed E-state index contributed by atoms with van der Waals surface area (Å²) in [6.45, 7) is 2.92. The summed E-state index contributed by atoms with van der Waals surface area (Å²) in [4.78, 5) is 27.5. The Kier molecular flexibility index (Phi) is 6.71. The molecule has 6 nitrogen and oxygen atoms in total. The van der Waals surface area contributed by atoms with Gasteiger partial charge in [-0.15, -0.1) is 11.3 Å². The number of esters is 1. The Hall–Kier alpha value is -2.25. The summed E-state index contributed by atoms with van der Waals surface area (Å²) < 4.78 is 9.98. The lowest BCUT2D eigenvalue weighted by Crippen LogP contribution is -2.26. The Morgan fingerprint density at radius 3 is 2.70 bits per heavy atom. The second-order valence-electron chi connectivity index (χ2n) is 4.61. The Balaban J connectivity index is 1.81. The van der Waals surface area contributed by atoms with Crippen molar-refractivity contribution in [3.05, 3.63) is 35.7 Å². The van der Waals surface area contributed by atoms with E-state index in [2.05, 4.69) is 10.3 Å². The summed E-state index contributed by atoms with van der Waals surface area (Å²) in [6.07, 6.45) is 0.891. The third-order valence-corrected chi connectivity index (χ3v) is 3.55. The van der Waals surface area contributed by atoms with E-state index in [4.69, 9.17) is 9.47 Å². The van der Waals surface area contributed by atoms with Crippen LogP contribution in [0, 0.1) is 0 Å². The molecule has 0 saturated carbocycles. The van der Waals surface area contributed by atoms with E-state index in [1.165, 1.54) is 11.3 Å². The Morgan fingerprint density at radius 1 is 1.17 bits per heavy atom. The van der Waals surface area contributed by atoms with Crippen molar-refractivity contribution in [3.8, 4) is 11.3 Å². The van der Waals surface area contributed by atoms with Crippen LogP contribution in [0.4, 0.5) is 5.13 Å². The highest BCUT2D eigenvalue weighted by molar-refractivity contribution is 7.14. The number of nitrogens with zero attached hydrogens (tertiary/aromatic N) is 1. The van der Waals surface area contributed by atoms with Gasteiger partial charge in [0.2, 0.25) is 0 Å². The molecule has 7 heteroatoms. The molecule has 2 rings (SSSR count). The van der Waals surface area contributed by atoms with Gasteiger partial charge in [-0.2, -0.15) is 0 Å². The minimum Gasteiger partial charge on any atom is -0.456 e. The maximum absolute atomic E-state index is 11.7. The molecule has 0 saturated heterocycles. The third-order valence-electron chi connectivity index (χ3n) is 2.79. The fourth-order valence-electron chi connectivity index (χ4n) is 1.73. The van der Waals surface area contributed by atoms with Crippen LogP contribution in [0.3, 0.4) is 0 Å². The van der Waals surface area contributed by atoms with Crippen molar-refractivity contribution < 1.29 is 19.1 Å². The van der Waals surface area contributed by atoms with E-state index in [-0.39, 0.29) is 13.2 Å². The third kappa shape index (κ3) is 5.46. The van der Waals surface area contributed by atoms with Crippen LogP contribution in [0.15, 0.2) is 35.7 Å². The summed E-state index contributed by atoms with van der Waals surface area (Å²) >= 11 is 1.25. The second-order valence-corrected chi connectivity index (χ2v) is 5.46. The predicted octanol–water partition coefficient (Wildman–Crippen LogP) is 2.72. The maximum Gasteiger partial charge on any atom is 0.397 e. The van der Waals surface area contributed by atoms with Crippen LogP contribution in [0.2, 0.25) is 0 Å². The Labute approximate surface area is 138 Å². The van der Waals surface area contributed by atoms with Crippen molar-refractivity contribution >= 4 is 28.3 Å². The fraction of sp³-hybridized carbons (Fsp3) is 0.312. The van der Waals surface area contributed by atoms with E-state index in [1.54, 1.807) is 0 Å². The van der Waals surface area contributed by atoms with Crippen LogP contribution in [0.5, 0.6) is 0 Å². The molecule has 0 aliphatic rings. The standard InChI is InChI=1S/C16H18N2O4S/c1-2-8-21-9-10-22-15(20)14(19)18-16-17-13(11-23-16)12-6-4-3-5-7-12/h3-7,11H,2,8-10H2,1H3,(H,17,18,19). The van der Waals surface area contributed by atoms with E-state index in [0.29, 0.717) is 11.7 Å². The molecule has 23 heavy (non-hydrogen) atoms. The smallest absolute Gasteiger partial charge is 0.397 e. The molecular weight excluding hydrogens is 316 g/mol. The van der Waals surface area contributed by atoms with E-state index in [1.807, 2.05) is 42.6 Å². The van der Waals surface area contributed by atoms with Crippen LogP contribution in [0.1, 0.15) is 13.3 Å². The van der Waals surface area contributed by atoms with Crippen molar-refractivity contribution in [1.29, 1.82) is 0 Å². The molecule has 0 aliphatic carbocycles. The lowest BCUT2D eigenvalue weighted by Gasteiger charge is -2.04. The molecule has 1 aromatic heterocycles. The molecule has 1 N–H and O–H groups in total. The minimum absolute atomic E-state index is 0.0549. The number of anilines is 1. The van der Waals surface area contributed by atoms with E-state index in [0.717, 1.165) is 17.7 Å². The number of thiazole rings is 1. The minimum atomic E-state index is -0.943. The molecule has 0 fully saturated rings. The summed E-state index contributed by atoms with van der Waals surface area (Å²) in [5, 5.41) is 4.61. The van der Waals surface area contributed by atoms with Gasteiger partial charge in [0.25, 0.3) is 0 Å². The van der Waals surface area contributed by atoms with E-state index in [9.17, 15) is 9.59 Å². The number of carbonyl (C=O) groups is 2. The van der Waals surface area contributed by atoms with Gasteiger partial charge in [-0.05, 0) is 6.42 Å². The summed E-state index contributed by atoms with van der Waals surface area (Å²) in [6, 6.07) is 9.57. The van der Waals surface area contributed by atoms with Crippen LogP contribution in [0.25, 0.3) is 11.3 Å². The normalized spacial score (nSPS) is 10.3. The fourth-order valence-corrected chi connectivity index (χ4v) is 2.44. The summed E-state index contributed by atoms with van der Waals surface area (Å²) in [5.41, 5.74) is 1.69. The van der Waals surface area contributed by atoms with Gasteiger partial charge in [-0.1, -0.05) is 37.3 Å². The average Bonchev–Trinajstić information content (AvgIpc) is 3.03. The topological polar surface area (TPSA) is 77.5 Å². The van der Waals surface area contributed by atoms with Gasteiger partial charge in [-0.3, -0.25) is 10.1 Å². The summed E-state index contributed by atoms with van der Waals surface area (Å²) in [5.74, 6) is -1.78. The highest BCUT2D eigenvalue weighted by atomic mass is 32.1. The SMILES string of the molecule is CCCOCCOC(=O)C(=O)Nc1nc(-c2ccccc2)cs1. The van der Waals surface area contributed by atoms with Crippen LogP contribution in [-0.2, 0) is 19.1 Å². The van der Waals surface area contributed by atoms with Crippen molar-refractivity contribution in [2.45, 2.75) is 13.3 Å². The number of rotatable bonds is 7. The maximum atomic E-state index is 11.7. The van der Waals surface area contributed by atoms with Crippen molar-refractivity contribution in [2.24, 2.45) is 0 Å². The number of amides is 1. The van der Waals surface area contributed by atoms with Gasteiger partial charge in [-0.25, -0.2) is 9.78 Å². The highest BCUT2D eigenvalue weighted by Crippen LogP contribution is 2.24. The zero-order valence-corrected chi connectivity index (χ0v) is 13.6. The van der Waals surface area contributed by atoms with E-state index < -0.39 is 11.9 Å². The van der Waals surface area contributed by atoms with Gasteiger partial charge >= 0.3 is 11.9 Å². The first-order chi connectivity index (χ1) is 11.2. The first-order valence-electron chi connectivity index (χ1n) is 7.27. The Bertz CT molecular complexity index is 643. The molecule has 0 spiro atoms. The first kappa shape index (κ1) is 17.1. The van der Waals surface area contributed by atoms with Crippen LogP contribution < -0.4 is 5.32 Å².